The number of aromatic nitrogens is 1. The molecule has 2 heterocycles. The molecular weight excluding hydrogens is 232 g/mol. The van der Waals surface area contributed by atoms with Crippen LogP contribution >= 0.6 is 11.6 Å². The van der Waals surface area contributed by atoms with Gasteiger partial charge in [-0.25, -0.2) is 4.98 Å². The minimum absolute atomic E-state index is 0.570. The van der Waals surface area contributed by atoms with E-state index in [4.69, 9.17) is 11.6 Å². The van der Waals surface area contributed by atoms with Crippen LogP contribution in [0.1, 0.15) is 44.6 Å². The number of nitrogens with zero attached hydrogens (tertiary/aromatic N) is 2. The van der Waals surface area contributed by atoms with Gasteiger partial charge in [0.1, 0.15) is 5.82 Å². The topological polar surface area (TPSA) is 16.1 Å². The van der Waals surface area contributed by atoms with Crippen molar-refractivity contribution in [1.82, 2.24) is 4.98 Å². The van der Waals surface area contributed by atoms with E-state index >= 15 is 0 Å². The first kappa shape index (κ1) is 12.7. The van der Waals surface area contributed by atoms with Crippen LogP contribution in [0.4, 0.5) is 5.82 Å². The van der Waals surface area contributed by atoms with E-state index in [0.29, 0.717) is 11.9 Å². The van der Waals surface area contributed by atoms with E-state index in [1.807, 2.05) is 12.3 Å². The van der Waals surface area contributed by atoms with Gasteiger partial charge in [-0.05, 0) is 37.0 Å². The molecule has 17 heavy (non-hydrogen) atoms. The molecule has 1 aromatic rings. The third-order valence-corrected chi connectivity index (χ3v) is 3.92. The molecule has 1 aliphatic heterocycles. The Hall–Kier alpha value is -0.760. The fraction of sp³-hybridized carbons (Fsp3) is 0.643. The largest absolute Gasteiger partial charge is 0.354 e. The molecule has 0 N–H and O–H groups in total. The maximum atomic E-state index is 5.89. The summed E-state index contributed by atoms with van der Waals surface area (Å²) in [6.07, 6.45) is 8.36. The maximum Gasteiger partial charge on any atom is 0.129 e. The van der Waals surface area contributed by atoms with E-state index in [2.05, 4.69) is 22.9 Å². The summed E-state index contributed by atoms with van der Waals surface area (Å²) in [5, 5.41) is 0. The first-order chi connectivity index (χ1) is 8.35. The minimum Gasteiger partial charge on any atom is -0.354 e. The monoisotopic (exact) mass is 252 g/mol. The van der Waals surface area contributed by atoms with Crippen LogP contribution in [0.5, 0.6) is 0 Å². The highest BCUT2D eigenvalue weighted by Crippen LogP contribution is 2.25. The maximum absolute atomic E-state index is 5.89. The van der Waals surface area contributed by atoms with Crippen LogP contribution < -0.4 is 4.90 Å². The first-order valence-corrected chi connectivity index (χ1v) is 7.16. The van der Waals surface area contributed by atoms with Crippen LogP contribution in [0.3, 0.4) is 0 Å². The van der Waals surface area contributed by atoms with Gasteiger partial charge in [-0.15, -0.1) is 11.6 Å². The van der Waals surface area contributed by atoms with Crippen LogP contribution in [0.15, 0.2) is 18.3 Å². The van der Waals surface area contributed by atoms with Gasteiger partial charge in [0, 0.05) is 24.7 Å². The summed E-state index contributed by atoms with van der Waals surface area (Å²) in [5.41, 5.74) is 1.16. The summed E-state index contributed by atoms with van der Waals surface area (Å²) < 4.78 is 0. The number of pyridine rings is 1. The molecule has 3 heteroatoms. The van der Waals surface area contributed by atoms with Gasteiger partial charge in [-0.3, -0.25) is 0 Å². The summed E-state index contributed by atoms with van der Waals surface area (Å²) in [6.45, 7) is 3.41. The Morgan fingerprint density at radius 2 is 2.29 bits per heavy atom. The van der Waals surface area contributed by atoms with Crippen molar-refractivity contribution < 1.29 is 0 Å². The lowest BCUT2D eigenvalue weighted by Crippen LogP contribution is -2.35. The van der Waals surface area contributed by atoms with Gasteiger partial charge in [0.2, 0.25) is 0 Å². The Labute approximate surface area is 109 Å². The smallest absolute Gasteiger partial charge is 0.129 e. The van der Waals surface area contributed by atoms with Crippen molar-refractivity contribution in [3.63, 3.8) is 0 Å². The van der Waals surface area contributed by atoms with Gasteiger partial charge in [0.25, 0.3) is 0 Å². The first-order valence-electron chi connectivity index (χ1n) is 6.62. The van der Waals surface area contributed by atoms with Crippen LogP contribution in [0.25, 0.3) is 0 Å². The van der Waals surface area contributed by atoms with E-state index in [9.17, 15) is 0 Å². The summed E-state index contributed by atoms with van der Waals surface area (Å²) >= 11 is 5.89. The molecule has 0 radical (unpaired) electrons. The molecule has 1 atom stereocenters. The van der Waals surface area contributed by atoms with Crippen molar-refractivity contribution in [1.29, 1.82) is 0 Å². The molecule has 0 aliphatic carbocycles. The van der Waals surface area contributed by atoms with Gasteiger partial charge in [-0.1, -0.05) is 19.8 Å². The van der Waals surface area contributed by atoms with E-state index in [-0.39, 0.29) is 0 Å². The molecule has 2 rings (SSSR count). The van der Waals surface area contributed by atoms with Gasteiger partial charge in [-0.2, -0.15) is 0 Å². The van der Waals surface area contributed by atoms with E-state index < -0.39 is 0 Å². The molecule has 1 fully saturated rings. The average molecular weight is 253 g/mol. The third kappa shape index (κ3) is 3.12. The lowest BCUT2D eigenvalue weighted by molar-refractivity contribution is 0.552. The highest BCUT2D eigenvalue weighted by molar-refractivity contribution is 6.17. The average Bonchev–Trinajstić information content (AvgIpc) is 2.63. The van der Waals surface area contributed by atoms with Crippen molar-refractivity contribution in [2.24, 2.45) is 0 Å². The molecule has 94 valence electrons. The van der Waals surface area contributed by atoms with E-state index in [1.54, 1.807) is 0 Å². The standard InChI is InChI=1S/C14H21ClN2/c1-2-13-6-4-3-5-9-17(13)14-10-12(11-15)7-8-16-14/h7-8,10,13H,2-6,9,11H2,1H3. The summed E-state index contributed by atoms with van der Waals surface area (Å²) in [4.78, 5) is 6.99. The normalized spacial score (nSPS) is 21.3. The zero-order valence-corrected chi connectivity index (χ0v) is 11.3. The molecule has 0 aromatic carbocycles. The quantitative estimate of drug-likeness (QED) is 0.757. The van der Waals surface area contributed by atoms with Crippen molar-refractivity contribution in [2.75, 3.05) is 11.4 Å². The number of hydrogen-bond donors (Lipinski definition) is 0. The lowest BCUT2D eigenvalue weighted by Gasteiger charge is -2.30. The lowest BCUT2D eigenvalue weighted by atomic mass is 10.1. The van der Waals surface area contributed by atoms with Gasteiger partial charge < -0.3 is 4.90 Å². The number of halogens is 1. The van der Waals surface area contributed by atoms with E-state index in [0.717, 1.165) is 17.9 Å². The van der Waals surface area contributed by atoms with Gasteiger partial charge in [0.15, 0.2) is 0 Å². The second kappa shape index (κ2) is 6.25. The Kier molecular flexibility index (Phi) is 4.66. The number of anilines is 1. The van der Waals surface area contributed by atoms with E-state index in [1.165, 1.54) is 32.1 Å². The minimum atomic E-state index is 0.570. The summed E-state index contributed by atoms with van der Waals surface area (Å²) in [7, 11) is 0. The molecule has 0 saturated carbocycles. The molecular formula is C14H21ClN2. The molecule has 1 unspecified atom stereocenters. The molecule has 1 aromatic heterocycles. The number of rotatable bonds is 3. The van der Waals surface area contributed by atoms with Crippen molar-refractivity contribution >= 4 is 17.4 Å². The SMILES string of the molecule is CCC1CCCCCN1c1cc(CCl)ccn1. The second-order valence-corrected chi connectivity index (χ2v) is 5.03. The Balaban J connectivity index is 2.21. The molecule has 0 spiro atoms. The Morgan fingerprint density at radius 3 is 3.06 bits per heavy atom. The van der Waals surface area contributed by atoms with Crippen molar-refractivity contribution in [3.8, 4) is 0 Å². The van der Waals surface area contributed by atoms with Crippen molar-refractivity contribution in [3.05, 3.63) is 23.9 Å². The summed E-state index contributed by atoms with van der Waals surface area (Å²) in [5.74, 6) is 1.68. The fourth-order valence-electron chi connectivity index (χ4n) is 2.60. The van der Waals surface area contributed by atoms with Gasteiger partial charge >= 0.3 is 0 Å². The van der Waals surface area contributed by atoms with Crippen LogP contribution in [-0.2, 0) is 5.88 Å². The third-order valence-electron chi connectivity index (χ3n) is 3.61. The highest BCUT2D eigenvalue weighted by atomic mass is 35.5. The number of alkyl halides is 1. The Bertz CT molecular complexity index is 354. The highest BCUT2D eigenvalue weighted by Gasteiger charge is 2.20. The van der Waals surface area contributed by atoms with Crippen LogP contribution in [0.2, 0.25) is 0 Å². The zero-order valence-electron chi connectivity index (χ0n) is 10.5. The Morgan fingerprint density at radius 1 is 1.41 bits per heavy atom. The number of hydrogen-bond acceptors (Lipinski definition) is 2. The fourth-order valence-corrected chi connectivity index (χ4v) is 2.77. The molecule has 0 amide bonds. The van der Waals surface area contributed by atoms with Crippen molar-refractivity contribution in [2.45, 2.75) is 50.9 Å². The molecule has 0 bridgehead atoms. The van der Waals surface area contributed by atoms with Crippen LogP contribution in [0, 0.1) is 0 Å². The molecule has 1 saturated heterocycles. The summed E-state index contributed by atoms with van der Waals surface area (Å²) in [6, 6.07) is 4.78. The molecule has 2 nitrogen and oxygen atoms in total. The van der Waals surface area contributed by atoms with Crippen LogP contribution in [-0.4, -0.2) is 17.6 Å². The van der Waals surface area contributed by atoms with Gasteiger partial charge in [0.05, 0.1) is 0 Å². The second-order valence-electron chi connectivity index (χ2n) is 4.76. The predicted molar refractivity (Wildman–Crippen MR) is 73.7 cm³/mol. The zero-order chi connectivity index (χ0) is 12.1. The molecule has 1 aliphatic rings. The predicted octanol–water partition coefficient (Wildman–Crippen LogP) is 3.98.